The van der Waals surface area contributed by atoms with Gasteiger partial charge in [0.25, 0.3) is 17.6 Å². The van der Waals surface area contributed by atoms with Crippen molar-refractivity contribution in [3.8, 4) is 23.0 Å². The number of anilines is 2. The summed E-state index contributed by atoms with van der Waals surface area (Å²) in [6, 6.07) is 19.1. The zero-order valence-electron chi connectivity index (χ0n) is 19.3. The number of methoxy groups -OCH3 is 1. The number of benzene rings is 3. The Kier molecular flexibility index (Phi) is 6.18. The molecular weight excluding hydrogens is 448 g/mol. The Bertz CT molecular complexity index is 1230. The Morgan fingerprint density at radius 3 is 2.37 bits per heavy atom. The van der Waals surface area contributed by atoms with Crippen LogP contribution in [0.4, 0.5) is 11.4 Å². The second kappa shape index (κ2) is 9.58. The molecule has 0 aromatic heterocycles. The molecule has 1 saturated carbocycles. The first kappa shape index (κ1) is 22.6. The van der Waals surface area contributed by atoms with Gasteiger partial charge in [-0.05, 0) is 61.4 Å². The Hall–Kier alpha value is -4.20. The first-order valence-electron chi connectivity index (χ1n) is 11.5. The molecule has 5 rings (SSSR count). The highest BCUT2D eigenvalue weighted by atomic mass is 16.7. The van der Waals surface area contributed by atoms with Crippen molar-refractivity contribution < 1.29 is 28.5 Å². The van der Waals surface area contributed by atoms with Crippen LogP contribution < -0.4 is 29.6 Å². The molecular formula is C27H26N2O6. The molecule has 180 valence electrons. The van der Waals surface area contributed by atoms with Gasteiger partial charge in [-0.1, -0.05) is 6.07 Å². The van der Waals surface area contributed by atoms with Crippen molar-refractivity contribution in [2.75, 3.05) is 24.4 Å². The quantitative estimate of drug-likeness (QED) is 0.500. The smallest absolute Gasteiger partial charge is 0.262 e. The van der Waals surface area contributed by atoms with Gasteiger partial charge in [-0.25, -0.2) is 0 Å². The fourth-order valence-corrected chi connectivity index (χ4v) is 4.24. The summed E-state index contributed by atoms with van der Waals surface area (Å²) in [6.45, 7) is -0.165. The normalized spacial score (nSPS) is 15.0. The van der Waals surface area contributed by atoms with Gasteiger partial charge in [0, 0.05) is 41.9 Å². The summed E-state index contributed by atoms with van der Waals surface area (Å²) in [5.74, 6) is 1.39. The zero-order valence-corrected chi connectivity index (χ0v) is 19.3. The molecule has 1 aliphatic heterocycles. The molecule has 2 aliphatic rings. The summed E-state index contributed by atoms with van der Waals surface area (Å²) in [4.78, 5) is 24.9. The summed E-state index contributed by atoms with van der Waals surface area (Å²) in [5.41, 5.74) is 1.71. The summed E-state index contributed by atoms with van der Waals surface area (Å²) >= 11 is 0. The number of carbonyl (C=O) groups excluding carboxylic acids is 2. The third-order valence-corrected chi connectivity index (χ3v) is 6.00. The summed E-state index contributed by atoms with van der Waals surface area (Å²) in [6.07, 6.45) is 3.93. The molecule has 1 fully saturated rings. The van der Waals surface area contributed by atoms with E-state index in [1.54, 1.807) is 67.8 Å². The highest BCUT2D eigenvalue weighted by Crippen LogP contribution is 2.47. The van der Waals surface area contributed by atoms with Crippen LogP contribution >= 0.6 is 0 Å². The standard InChI is InChI=1S/C27H26N2O6/c1-32-22-6-4-5-19(15-22)28-25(30)17-33-21-10-7-18(8-11-21)26(31)29-20-9-12-23-24(16-20)35-27(34-23)13-2-3-14-27/h4-12,15-16H,2-3,13-14,17H2,1H3,(H,28,30)(H,29,31). The van der Waals surface area contributed by atoms with Crippen LogP contribution in [-0.4, -0.2) is 31.3 Å². The lowest BCUT2D eigenvalue weighted by molar-refractivity contribution is -0.118. The molecule has 8 heteroatoms. The van der Waals surface area contributed by atoms with Crippen LogP contribution in [0.2, 0.25) is 0 Å². The number of ether oxygens (including phenoxy) is 4. The Labute approximate surface area is 203 Å². The topological polar surface area (TPSA) is 95.1 Å². The number of fused-ring (bicyclic) bond motifs is 1. The molecule has 0 atom stereocenters. The zero-order chi connectivity index (χ0) is 24.3. The third-order valence-electron chi connectivity index (χ3n) is 6.00. The second-order valence-electron chi connectivity index (χ2n) is 8.53. The summed E-state index contributed by atoms with van der Waals surface area (Å²) in [5, 5.41) is 5.63. The third kappa shape index (κ3) is 5.16. The van der Waals surface area contributed by atoms with Gasteiger partial charge in [0.05, 0.1) is 7.11 Å². The van der Waals surface area contributed by atoms with Gasteiger partial charge in [-0.2, -0.15) is 0 Å². The largest absolute Gasteiger partial charge is 0.497 e. The Morgan fingerprint density at radius 2 is 1.60 bits per heavy atom. The minimum atomic E-state index is -0.536. The van der Waals surface area contributed by atoms with Crippen LogP contribution in [0.25, 0.3) is 0 Å². The van der Waals surface area contributed by atoms with E-state index < -0.39 is 5.79 Å². The maximum atomic E-state index is 12.7. The number of hydrogen-bond donors (Lipinski definition) is 2. The maximum Gasteiger partial charge on any atom is 0.262 e. The minimum absolute atomic E-state index is 0.165. The van der Waals surface area contributed by atoms with Crippen LogP contribution in [0.15, 0.2) is 66.7 Å². The van der Waals surface area contributed by atoms with Crippen molar-refractivity contribution in [1.29, 1.82) is 0 Å². The van der Waals surface area contributed by atoms with Gasteiger partial charge in [0.2, 0.25) is 0 Å². The molecule has 1 heterocycles. The van der Waals surface area contributed by atoms with E-state index in [0.29, 0.717) is 39.9 Å². The fraction of sp³-hybridized carbons (Fsp3) is 0.259. The van der Waals surface area contributed by atoms with Gasteiger partial charge in [-0.15, -0.1) is 0 Å². The molecule has 35 heavy (non-hydrogen) atoms. The minimum Gasteiger partial charge on any atom is -0.497 e. The molecule has 3 aromatic carbocycles. The Balaban J connectivity index is 1.14. The molecule has 3 aromatic rings. The van der Waals surface area contributed by atoms with Crippen LogP contribution in [-0.2, 0) is 4.79 Å². The van der Waals surface area contributed by atoms with Gasteiger partial charge in [0.1, 0.15) is 11.5 Å². The van der Waals surface area contributed by atoms with Crippen molar-refractivity contribution in [2.45, 2.75) is 31.5 Å². The number of hydrogen-bond acceptors (Lipinski definition) is 6. The van der Waals surface area contributed by atoms with E-state index >= 15 is 0 Å². The average Bonchev–Trinajstić information content (AvgIpc) is 3.48. The van der Waals surface area contributed by atoms with Gasteiger partial charge < -0.3 is 29.6 Å². The van der Waals surface area contributed by atoms with Crippen molar-refractivity contribution in [2.24, 2.45) is 0 Å². The highest BCUT2D eigenvalue weighted by molar-refractivity contribution is 6.04. The first-order chi connectivity index (χ1) is 17.0. The monoisotopic (exact) mass is 474 g/mol. The average molecular weight is 475 g/mol. The molecule has 1 aliphatic carbocycles. The number of amides is 2. The summed E-state index contributed by atoms with van der Waals surface area (Å²) < 4.78 is 22.8. The second-order valence-corrected chi connectivity index (χ2v) is 8.53. The summed E-state index contributed by atoms with van der Waals surface area (Å²) in [7, 11) is 1.56. The number of rotatable bonds is 7. The van der Waals surface area contributed by atoms with E-state index in [2.05, 4.69) is 10.6 Å². The van der Waals surface area contributed by atoms with E-state index in [-0.39, 0.29) is 18.4 Å². The lowest BCUT2D eigenvalue weighted by Gasteiger charge is -2.21. The van der Waals surface area contributed by atoms with Crippen LogP contribution in [0.3, 0.4) is 0 Å². The predicted molar refractivity (Wildman–Crippen MR) is 130 cm³/mol. The highest BCUT2D eigenvalue weighted by Gasteiger charge is 2.44. The molecule has 1 spiro atoms. The maximum absolute atomic E-state index is 12.7. The fourth-order valence-electron chi connectivity index (χ4n) is 4.24. The van der Waals surface area contributed by atoms with E-state index in [1.807, 2.05) is 6.07 Å². The molecule has 8 nitrogen and oxygen atoms in total. The van der Waals surface area contributed by atoms with Gasteiger partial charge >= 0.3 is 0 Å². The first-order valence-corrected chi connectivity index (χ1v) is 11.5. The molecule has 2 N–H and O–H groups in total. The van der Waals surface area contributed by atoms with E-state index in [4.69, 9.17) is 18.9 Å². The Morgan fingerprint density at radius 1 is 0.857 bits per heavy atom. The molecule has 0 unspecified atom stereocenters. The van der Waals surface area contributed by atoms with Crippen molar-refractivity contribution in [3.05, 3.63) is 72.3 Å². The van der Waals surface area contributed by atoms with E-state index in [1.165, 1.54) is 0 Å². The van der Waals surface area contributed by atoms with Gasteiger partial charge in [-0.3, -0.25) is 9.59 Å². The van der Waals surface area contributed by atoms with Crippen LogP contribution in [0, 0.1) is 0 Å². The van der Waals surface area contributed by atoms with Crippen LogP contribution in [0.5, 0.6) is 23.0 Å². The lowest BCUT2D eigenvalue weighted by Crippen LogP contribution is -2.34. The van der Waals surface area contributed by atoms with E-state index in [9.17, 15) is 9.59 Å². The van der Waals surface area contributed by atoms with E-state index in [0.717, 1.165) is 25.7 Å². The lowest BCUT2D eigenvalue weighted by atomic mass is 10.2. The SMILES string of the molecule is COc1cccc(NC(=O)COc2ccc(C(=O)Nc3ccc4c(c3)OC3(CCCC3)O4)cc2)c1. The number of carbonyl (C=O) groups is 2. The molecule has 2 amide bonds. The van der Waals surface area contributed by atoms with Crippen molar-refractivity contribution in [3.63, 3.8) is 0 Å². The van der Waals surface area contributed by atoms with Crippen molar-refractivity contribution in [1.82, 2.24) is 0 Å². The van der Waals surface area contributed by atoms with Crippen LogP contribution in [0.1, 0.15) is 36.0 Å². The molecule has 0 saturated heterocycles. The predicted octanol–water partition coefficient (Wildman–Crippen LogP) is 5.01. The van der Waals surface area contributed by atoms with Crippen molar-refractivity contribution >= 4 is 23.2 Å². The number of nitrogens with one attached hydrogen (secondary N) is 2. The molecule has 0 radical (unpaired) electrons. The van der Waals surface area contributed by atoms with Gasteiger partial charge in [0.15, 0.2) is 18.1 Å². The molecule has 0 bridgehead atoms.